The van der Waals surface area contributed by atoms with Crippen molar-refractivity contribution in [2.75, 3.05) is 26.1 Å². The molecule has 5 nitrogen and oxygen atoms in total. The first-order chi connectivity index (χ1) is 12.5. The normalized spacial score (nSPS) is 10.5. The van der Waals surface area contributed by atoms with Crippen molar-refractivity contribution in [2.45, 2.75) is 17.1 Å². The van der Waals surface area contributed by atoms with E-state index in [-0.39, 0.29) is 0 Å². The van der Waals surface area contributed by atoms with Crippen LogP contribution in [0.25, 0.3) is 0 Å². The summed E-state index contributed by atoms with van der Waals surface area (Å²) >= 11 is 0.394. The highest BCUT2D eigenvalue weighted by molar-refractivity contribution is 7.99. The molecule has 140 valence electrons. The van der Waals surface area contributed by atoms with Gasteiger partial charge in [-0.15, -0.1) is 0 Å². The Morgan fingerprint density at radius 1 is 1.12 bits per heavy atom. The second-order valence-corrected chi connectivity index (χ2v) is 6.23. The maximum Gasteiger partial charge on any atom is 0.319 e. The van der Waals surface area contributed by atoms with E-state index in [1.165, 1.54) is 6.07 Å². The van der Waals surface area contributed by atoms with E-state index in [1.807, 2.05) is 12.1 Å². The lowest BCUT2D eigenvalue weighted by Crippen LogP contribution is -2.30. The van der Waals surface area contributed by atoms with Crippen molar-refractivity contribution in [3.05, 3.63) is 48.0 Å². The van der Waals surface area contributed by atoms with Crippen LogP contribution in [0.4, 0.5) is 19.3 Å². The summed E-state index contributed by atoms with van der Waals surface area (Å²) in [4.78, 5) is 12.3. The smallest absolute Gasteiger partial charge is 0.319 e. The van der Waals surface area contributed by atoms with E-state index in [0.717, 1.165) is 5.56 Å². The Labute approximate surface area is 155 Å². The number of anilines is 1. The highest BCUT2D eigenvalue weighted by atomic mass is 32.2. The monoisotopic (exact) mass is 382 g/mol. The topological polar surface area (TPSA) is 59.6 Å². The average Bonchev–Trinajstić information content (AvgIpc) is 2.62. The van der Waals surface area contributed by atoms with Gasteiger partial charge in [-0.3, -0.25) is 0 Å². The summed E-state index contributed by atoms with van der Waals surface area (Å²) < 4.78 is 35.5. The van der Waals surface area contributed by atoms with Crippen LogP contribution < -0.4 is 20.1 Å². The molecule has 2 rings (SSSR count). The van der Waals surface area contributed by atoms with Crippen molar-refractivity contribution in [3.63, 3.8) is 0 Å². The summed E-state index contributed by atoms with van der Waals surface area (Å²) in [6, 6.07) is 11.5. The lowest BCUT2D eigenvalue weighted by Gasteiger charge is -2.12. The van der Waals surface area contributed by atoms with Crippen LogP contribution >= 0.6 is 11.8 Å². The van der Waals surface area contributed by atoms with Crippen molar-refractivity contribution in [1.82, 2.24) is 5.32 Å². The molecule has 0 bridgehead atoms. The molecule has 26 heavy (non-hydrogen) atoms. The quantitative estimate of drug-likeness (QED) is 0.665. The van der Waals surface area contributed by atoms with Crippen LogP contribution in [0.3, 0.4) is 0 Å². The number of para-hydroxylation sites is 1. The second kappa shape index (κ2) is 9.86. The highest BCUT2D eigenvalue weighted by Crippen LogP contribution is 2.31. The van der Waals surface area contributed by atoms with E-state index in [9.17, 15) is 13.6 Å². The number of carbonyl (C=O) groups is 1. The van der Waals surface area contributed by atoms with Gasteiger partial charge in [-0.2, -0.15) is 8.78 Å². The maximum absolute atomic E-state index is 12.6. The Morgan fingerprint density at radius 3 is 2.54 bits per heavy atom. The van der Waals surface area contributed by atoms with Crippen LogP contribution in [0, 0.1) is 0 Å². The first-order valence-electron chi connectivity index (χ1n) is 7.83. The van der Waals surface area contributed by atoms with E-state index < -0.39 is 11.8 Å². The Kier molecular flexibility index (Phi) is 7.53. The Bertz CT molecular complexity index is 744. The number of hydrogen-bond donors (Lipinski definition) is 2. The number of alkyl halides is 2. The van der Waals surface area contributed by atoms with E-state index in [2.05, 4.69) is 10.6 Å². The molecule has 0 saturated heterocycles. The Morgan fingerprint density at radius 2 is 1.85 bits per heavy atom. The van der Waals surface area contributed by atoms with Crippen molar-refractivity contribution < 1.29 is 23.0 Å². The minimum atomic E-state index is -2.55. The molecule has 2 aromatic rings. The van der Waals surface area contributed by atoms with Crippen LogP contribution in [0.15, 0.2) is 47.4 Å². The van der Waals surface area contributed by atoms with Crippen LogP contribution in [0.1, 0.15) is 5.56 Å². The Hall–Kier alpha value is -2.48. The minimum Gasteiger partial charge on any atom is -0.493 e. The lowest BCUT2D eigenvalue weighted by molar-refractivity contribution is 0.251. The number of halogens is 2. The number of hydrogen-bond acceptors (Lipinski definition) is 4. The summed E-state index contributed by atoms with van der Waals surface area (Å²) in [5.41, 5.74) is 1.32. The van der Waals surface area contributed by atoms with E-state index in [1.54, 1.807) is 38.5 Å². The molecule has 0 spiro atoms. The third-order valence-electron chi connectivity index (χ3n) is 3.50. The van der Waals surface area contributed by atoms with Gasteiger partial charge in [-0.25, -0.2) is 4.79 Å². The standard InChI is InChI=1S/C18H20F2N2O3S/c1-24-14-8-7-12(11-15(14)25-2)9-10-21-18(23)22-13-5-3-4-6-16(13)26-17(19)20/h3-8,11,17H,9-10H2,1-2H3,(H2,21,22,23). The van der Waals surface area contributed by atoms with Crippen LogP contribution in [-0.4, -0.2) is 32.6 Å². The predicted molar refractivity (Wildman–Crippen MR) is 98.6 cm³/mol. The van der Waals surface area contributed by atoms with E-state index in [4.69, 9.17) is 9.47 Å². The lowest BCUT2D eigenvalue weighted by atomic mass is 10.1. The third-order valence-corrected chi connectivity index (χ3v) is 4.29. The fourth-order valence-corrected chi connectivity index (χ4v) is 2.89. The zero-order chi connectivity index (χ0) is 18.9. The van der Waals surface area contributed by atoms with Gasteiger partial charge in [0.05, 0.1) is 19.9 Å². The molecule has 8 heteroatoms. The molecule has 0 fully saturated rings. The minimum absolute atomic E-state index is 0.317. The first-order valence-corrected chi connectivity index (χ1v) is 8.71. The molecule has 0 aliphatic carbocycles. The number of carbonyl (C=O) groups excluding carboxylic acids is 1. The second-order valence-electron chi connectivity index (χ2n) is 5.19. The van der Waals surface area contributed by atoms with Gasteiger partial charge in [0.2, 0.25) is 0 Å². The molecule has 0 aliphatic heterocycles. The SMILES string of the molecule is COc1ccc(CCNC(=O)Nc2ccccc2SC(F)F)cc1OC. The maximum atomic E-state index is 12.6. The highest BCUT2D eigenvalue weighted by Gasteiger charge is 2.11. The number of urea groups is 1. The third kappa shape index (κ3) is 5.80. The number of rotatable bonds is 8. The van der Waals surface area contributed by atoms with Gasteiger partial charge >= 0.3 is 6.03 Å². The molecule has 2 N–H and O–H groups in total. The molecule has 2 aromatic carbocycles. The van der Waals surface area contributed by atoms with Crippen LogP contribution in [0.5, 0.6) is 11.5 Å². The van der Waals surface area contributed by atoms with E-state index in [0.29, 0.717) is 46.8 Å². The summed E-state index contributed by atoms with van der Waals surface area (Å²) in [6.45, 7) is 0.380. The summed E-state index contributed by atoms with van der Waals surface area (Å²) in [5.74, 6) is -1.30. The van der Waals surface area contributed by atoms with Gasteiger partial charge in [0.15, 0.2) is 11.5 Å². The first kappa shape index (κ1) is 19.8. The molecule has 0 aromatic heterocycles. The number of thioether (sulfide) groups is 1. The number of ether oxygens (including phenoxy) is 2. The predicted octanol–water partition coefficient (Wildman–Crippen LogP) is 4.38. The summed E-state index contributed by atoms with van der Waals surface area (Å²) in [7, 11) is 3.12. The fourth-order valence-electron chi connectivity index (χ4n) is 2.29. The number of amides is 2. The molecular formula is C18H20F2N2O3S. The largest absolute Gasteiger partial charge is 0.493 e. The van der Waals surface area contributed by atoms with Gasteiger partial charge < -0.3 is 20.1 Å². The van der Waals surface area contributed by atoms with E-state index >= 15 is 0 Å². The summed E-state index contributed by atoms with van der Waals surface area (Å²) in [5, 5.41) is 5.30. The molecule has 0 aliphatic rings. The van der Waals surface area contributed by atoms with Crippen LogP contribution in [0.2, 0.25) is 0 Å². The number of methoxy groups -OCH3 is 2. The van der Waals surface area contributed by atoms with Gasteiger partial charge in [0.25, 0.3) is 5.76 Å². The van der Waals surface area contributed by atoms with Gasteiger partial charge in [-0.1, -0.05) is 30.0 Å². The molecule has 0 saturated carbocycles. The van der Waals surface area contributed by atoms with Crippen molar-refractivity contribution in [1.29, 1.82) is 0 Å². The molecule has 0 heterocycles. The molecule has 2 amide bonds. The van der Waals surface area contributed by atoms with Crippen molar-refractivity contribution >= 4 is 23.5 Å². The number of nitrogens with one attached hydrogen (secondary N) is 2. The van der Waals surface area contributed by atoms with Crippen molar-refractivity contribution in [3.8, 4) is 11.5 Å². The van der Waals surface area contributed by atoms with Gasteiger partial charge in [0, 0.05) is 11.4 Å². The molecule has 0 atom stereocenters. The Balaban J connectivity index is 1.88. The van der Waals surface area contributed by atoms with Gasteiger partial charge in [-0.05, 0) is 36.2 Å². The van der Waals surface area contributed by atoms with Crippen LogP contribution in [-0.2, 0) is 6.42 Å². The molecule has 0 radical (unpaired) electrons. The molecule has 0 unspecified atom stereocenters. The van der Waals surface area contributed by atoms with Crippen molar-refractivity contribution in [2.24, 2.45) is 0 Å². The summed E-state index contributed by atoms with van der Waals surface area (Å²) in [6.07, 6.45) is 0.585. The molecular weight excluding hydrogens is 362 g/mol. The fraction of sp³-hybridized carbons (Fsp3) is 0.278. The zero-order valence-corrected chi connectivity index (χ0v) is 15.2. The number of benzene rings is 2. The zero-order valence-electron chi connectivity index (χ0n) is 14.4. The van der Waals surface area contributed by atoms with Gasteiger partial charge in [0.1, 0.15) is 0 Å². The average molecular weight is 382 g/mol.